The van der Waals surface area contributed by atoms with Crippen molar-refractivity contribution in [3.8, 4) is 44.5 Å². The molecule has 0 saturated carbocycles. The molecule has 0 N–H and O–H groups in total. The molecule has 8 aromatic carbocycles. The van der Waals surface area contributed by atoms with Gasteiger partial charge in [-0.05, 0) is 144 Å². The van der Waals surface area contributed by atoms with E-state index >= 15 is 0 Å². The summed E-state index contributed by atoms with van der Waals surface area (Å²) in [6, 6.07) is 67.2. The van der Waals surface area contributed by atoms with E-state index in [0.29, 0.717) is 0 Å². The maximum Gasteiger partial charge on any atom is 0.0726 e. The minimum absolute atomic E-state index is 0.0810. The van der Waals surface area contributed by atoms with Gasteiger partial charge in [-0.15, -0.1) is 0 Å². The van der Waals surface area contributed by atoms with Gasteiger partial charge in [-0.1, -0.05) is 181 Å². The van der Waals surface area contributed by atoms with Crippen molar-refractivity contribution in [2.45, 2.75) is 76.0 Å². The molecule has 8 aromatic rings. The molecule has 0 amide bonds. The Kier molecular flexibility index (Phi) is 7.49. The van der Waals surface area contributed by atoms with Crippen molar-refractivity contribution in [3.63, 3.8) is 0 Å². The van der Waals surface area contributed by atoms with Gasteiger partial charge in [0, 0.05) is 22.4 Å². The highest BCUT2D eigenvalue weighted by Crippen LogP contribution is 2.65. The summed E-state index contributed by atoms with van der Waals surface area (Å²) in [6.07, 6.45) is 2.37. The topological polar surface area (TPSA) is 3.24 Å². The van der Waals surface area contributed by atoms with Gasteiger partial charge < -0.3 is 4.90 Å². The maximum atomic E-state index is 2.66. The molecule has 296 valence electrons. The molecule has 0 fully saturated rings. The molecule has 4 aliphatic carbocycles. The number of rotatable bonds is 4. The first kappa shape index (κ1) is 36.4. The molecule has 0 aromatic heterocycles. The van der Waals surface area contributed by atoms with Crippen LogP contribution < -0.4 is 4.90 Å². The van der Waals surface area contributed by atoms with Crippen LogP contribution in [0, 0.1) is 0 Å². The zero-order valence-electron chi connectivity index (χ0n) is 36.1. The van der Waals surface area contributed by atoms with Gasteiger partial charge >= 0.3 is 0 Å². The van der Waals surface area contributed by atoms with Gasteiger partial charge in [-0.3, -0.25) is 0 Å². The number of nitrogens with zero attached hydrogens (tertiary/aromatic N) is 1. The lowest BCUT2D eigenvalue weighted by atomic mass is 9.61. The number of hydrogen-bond acceptors (Lipinski definition) is 1. The Morgan fingerprint density at radius 1 is 0.328 bits per heavy atom. The third-order valence-corrected chi connectivity index (χ3v) is 15.4. The van der Waals surface area contributed by atoms with Crippen LogP contribution in [0.3, 0.4) is 0 Å². The van der Waals surface area contributed by atoms with Crippen molar-refractivity contribution < 1.29 is 0 Å². The highest BCUT2D eigenvalue weighted by Gasteiger charge is 2.53. The van der Waals surface area contributed by atoms with Crippen LogP contribution in [0.2, 0.25) is 0 Å². The van der Waals surface area contributed by atoms with Gasteiger partial charge in [-0.2, -0.15) is 0 Å². The fourth-order valence-electron chi connectivity index (χ4n) is 12.1. The molecule has 1 spiro atoms. The minimum Gasteiger partial charge on any atom is -0.310 e. The summed E-state index contributed by atoms with van der Waals surface area (Å²) in [6.45, 7) is 14.6. The molecule has 0 saturated heterocycles. The molecule has 1 nitrogen and oxygen atoms in total. The normalized spacial score (nSPS) is 17.1. The summed E-state index contributed by atoms with van der Waals surface area (Å²) < 4.78 is 0. The number of benzene rings is 8. The van der Waals surface area contributed by atoms with E-state index in [1.165, 1.54) is 108 Å². The largest absolute Gasteiger partial charge is 0.310 e. The molecular formula is C60H51N. The lowest BCUT2D eigenvalue weighted by Gasteiger charge is -2.43. The first-order valence-corrected chi connectivity index (χ1v) is 22.2. The van der Waals surface area contributed by atoms with E-state index in [1.807, 2.05) is 0 Å². The highest BCUT2D eigenvalue weighted by molar-refractivity contribution is 5.98. The van der Waals surface area contributed by atoms with E-state index in [-0.39, 0.29) is 16.2 Å². The van der Waals surface area contributed by atoms with Gasteiger partial charge in [0.2, 0.25) is 0 Å². The Morgan fingerprint density at radius 2 is 0.770 bits per heavy atom. The van der Waals surface area contributed by atoms with E-state index in [1.54, 1.807) is 0 Å². The summed E-state index contributed by atoms with van der Waals surface area (Å²) in [5, 5.41) is 0. The molecular weight excluding hydrogens is 735 g/mol. The predicted octanol–water partition coefficient (Wildman–Crippen LogP) is 15.8. The Bertz CT molecular complexity index is 3080. The highest BCUT2D eigenvalue weighted by atomic mass is 15.1. The van der Waals surface area contributed by atoms with E-state index < -0.39 is 5.41 Å². The SMILES string of the molecule is CC1(C)CCC(C)(C)c2cc3c(cc21)-c1ccc(N(c2ccc4c(c2)C(C)(C)c2ccccc2-4)c2ccccc2-c2ccccc2)cc1C31c2ccccc2-c2ccccc21. The molecule has 0 bridgehead atoms. The first-order chi connectivity index (χ1) is 29.5. The van der Waals surface area contributed by atoms with Crippen molar-refractivity contribution in [3.05, 3.63) is 220 Å². The van der Waals surface area contributed by atoms with E-state index in [4.69, 9.17) is 0 Å². The van der Waals surface area contributed by atoms with Crippen molar-refractivity contribution in [1.29, 1.82) is 0 Å². The van der Waals surface area contributed by atoms with Crippen LogP contribution in [0.15, 0.2) is 176 Å². The number of fused-ring (bicyclic) bond motifs is 14. The van der Waals surface area contributed by atoms with Crippen LogP contribution in [0.5, 0.6) is 0 Å². The van der Waals surface area contributed by atoms with Gasteiger partial charge in [0.15, 0.2) is 0 Å². The monoisotopic (exact) mass is 785 g/mol. The molecule has 0 radical (unpaired) electrons. The van der Waals surface area contributed by atoms with Crippen LogP contribution >= 0.6 is 0 Å². The molecule has 0 unspecified atom stereocenters. The van der Waals surface area contributed by atoms with E-state index in [2.05, 4.69) is 222 Å². The van der Waals surface area contributed by atoms with Gasteiger partial charge in [0.1, 0.15) is 0 Å². The quantitative estimate of drug-likeness (QED) is 0.172. The molecule has 12 rings (SSSR count). The van der Waals surface area contributed by atoms with Gasteiger partial charge in [-0.25, -0.2) is 0 Å². The smallest absolute Gasteiger partial charge is 0.0726 e. The Morgan fingerprint density at radius 3 is 1.39 bits per heavy atom. The van der Waals surface area contributed by atoms with Crippen LogP contribution in [0.1, 0.15) is 98.9 Å². The second-order valence-corrected chi connectivity index (χ2v) is 19.9. The van der Waals surface area contributed by atoms with Gasteiger partial charge in [0.25, 0.3) is 0 Å². The second-order valence-electron chi connectivity index (χ2n) is 19.9. The molecule has 0 atom stereocenters. The number of para-hydroxylation sites is 1. The Hall–Kier alpha value is -6.44. The van der Waals surface area contributed by atoms with Crippen molar-refractivity contribution in [2.24, 2.45) is 0 Å². The predicted molar refractivity (Wildman–Crippen MR) is 256 cm³/mol. The summed E-state index contributed by atoms with van der Waals surface area (Å²) in [5.74, 6) is 0. The van der Waals surface area contributed by atoms with E-state index in [0.717, 1.165) is 11.4 Å². The lowest BCUT2D eigenvalue weighted by Crippen LogP contribution is -2.35. The molecule has 1 heteroatoms. The third-order valence-electron chi connectivity index (χ3n) is 15.4. The van der Waals surface area contributed by atoms with Crippen molar-refractivity contribution in [1.82, 2.24) is 0 Å². The number of anilines is 3. The van der Waals surface area contributed by atoms with Crippen LogP contribution in [-0.4, -0.2) is 0 Å². The summed E-state index contributed by atoms with van der Waals surface area (Å²) >= 11 is 0. The lowest BCUT2D eigenvalue weighted by molar-refractivity contribution is 0.331. The third kappa shape index (κ3) is 4.89. The minimum atomic E-state index is -0.466. The van der Waals surface area contributed by atoms with Crippen molar-refractivity contribution >= 4 is 17.1 Å². The maximum absolute atomic E-state index is 2.66. The fraction of sp³-hybridized carbons (Fsp3) is 0.200. The van der Waals surface area contributed by atoms with Crippen LogP contribution in [-0.2, 0) is 21.7 Å². The summed E-state index contributed by atoms with van der Waals surface area (Å²) in [5.41, 5.74) is 24.9. The van der Waals surface area contributed by atoms with Gasteiger partial charge in [0.05, 0.1) is 11.1 Å². The average molecular weight is 786 g/mol. The zero-order chi connectivity index (χ0) is 41.5. The molecule has 61 heavy (non-hydrogen) atoms. The molecule has 0 heterocycles. The summed E-state index contributed by atoms with van der Waals surface area (Å²) in [7, 11) is 0. The standard InChI is InChI=1S/C60H51N/c1-57(2)32-33-58(3,4)55-37-53-47(36-54(55)57)46-31-29-40(35-52(46)60(53)49-25-15-11-22-43(49)44-23-12-16-26-50(44)60)61(56-27-17-13-20-41(56)38-18-8-7-9-19-38)39-28-30-45-42-21-10-14-24-48(42)59(5,6)51(45)34-39/h7-31,34-37H,32-33H2,1-6H3. The Balaban J connectivity index is 1.16. The second kappa shape index (κ2) is 12.6. The fourth-order valence-corrected chi connectivity index (χ4v) is 12.1. The summed E-state index contributed by atoms with van der Waals surface area (Å²) in [4.78, 5) is 2.54. The van der Waals surface area contributed by atoms with Crippen LogP contribution in [0.4, 0.5) is 17.1 Å². The number of hydrogen-bond donors (Lipinski definition) is 0. The van der Waals surface area contributed by atoms with Crippen LogP contribution in [0.25, 0.3) is 44.5 Å². The molecule has 4 aliphatic rings. The molecule has 0 aliphatic heterocycles. The van der Waals surface area contributed by atoms with Crippen molar-refractivity contribution in [2.75, 3.05) is 4.90 Å². The average Bonchev–Trinajstić information content (AvgIpc) is 3.83. The Labute approximate surface area is 361 Å². The van der Waals surface area contributed by atoms with E-state index in [9.17, 15) is 0 Å². The first-order valence-electron chi connectivity index (χ1n) is 22.2. The zero-order valence-corrected chi connectivity index (χ0v) is 36.1.